The van der Waals surface area contributed by atoms with Crippen LogP contribution in [0.1, 0.15) is 64.7 Å². The largest absolute Gasteiger partial charge is 0.393 e. The molecule has 0 aromatic carbocycles. The lowest BCUT2D eigenvalue weighted by molar-refractivity contribution is 0.0774. The van der Waals surface area contributed by atoms with Gasteiger partial charge in [-0.25, -0.2) is 0 Å². The van der Waals surface area contributed by atoms with Gasteiger partial charge in [-0.15, -0.1) is 0 Å². The number of aliphatic hydroxyl groups is 1. The van der Waals surface area contributed by atoms with Crippen LogP contribution in [0.15, 0.2) is 0 Å². The third kappa shape index (κ3) is 4.84. The Morgan fingerprint density at radius 3 is 2.31 bits per heavy atom. The zero-order valence-corrected chi connectivity index (χ0v) is 10.8. The minimum Gasteiger partial charge on any atom is -0.393 e. The first-order chi connectivity index (χ1) is 7.77. The van der Waals surface area contributed by atoms with Crippen LogP contribution < -0.4 is 5.73 Å². The third-order valence-electron chi connectivity index (χ3n) is 4.06. The van der Waals surface area contributed by atoms with E-state index in [-0.39, 0.29) is 6.10 Å². The summed E-state index contributed by atoms with van der Waals surface area (Å²) in [6, 6.07) is 0. The lowest BCUT2D eigenvalue weighted by atomic mass is 9.86. The molecule has 0 radical (unpaired) electrons. The summed E-state index contributed by atoms with van der Waals surface area (Å²) in [6.45, 7) is 2.81. The zero-order chi connectivity index (χ0) is 11.8. The standard InChI is InChI=1S/C14H29NO/c1-2-7-13(11-15)14(16)10-12-8-5-3-4-6-9-12/h12-14,16H,2-11,15H2,1H3. The highest BCUT2D eigenvalue weighted by molar-refractivity contribution is 4.75. The van der Waals surface area contributed by atoms with Gasteiger partial charge in [-0.2, -0.15) is 0 Å². The van der Waals surface area contributed by atoms with Crippen molar-refractivity contribution in [1.82, 2.24) is 0 Å². The minimum absolute atomic E-state index is 0.159. The molecule has 2 atom stereocenters. The number of aliphatic hydroxyl groups excluding tert-OH is 1. The molecule has 3 N–H and O–H groups in total. The third-order valence-corrected chi connectivity index (χ3v) is 4.06. The maximum Gasteiger partial charge on any atom is 0.0583 e. The first-order valence-electron chi connectivity index (χ1n) is 7.16. The van der Waals surface area contributed by atoms with Crippen molar-refractivity contribution in [1.29, 1.82) is 0 Å². The maximum absolute atomic E-state index is 10.2. The Morgan fingerprint density at radius 2 is 1.81 bits per heavy atom. The van der Waals surface area contributed by atoms with Crippen molar-refractivity contribution in [2.75, 3.05) is 6.54 Å². The molecular weight excluding hydrogens is 198 g/mol. The van der Waals surface area contributed by atoms with Crippen LogP contribution in [0.3, 0.4) is 0 Å². The van der Waals surface area contributed by atoms with Gasteiger partial charge in [0.2, 0.25) is 0 Å². The number of hydrogen-bond donors (Lipinski definition) is 2. The highest BCUT2D eigenvalue weighted by Crippen LogP contribution is 2.28. The van der Waals surface area contributed by atoms with Gasteiger partial charge in [0.05, 0.1) is 6.10 Å². The molecule has 0 bridgehead atoms. The van der Waals surface area contributed by atoms with Crippen LogP contribution in [0, 0.1) is 11.8 Å². The molecule has 96 valence electrons. The van der Waals surface area contributed by atoms with Gasteiger partial charge in [-0.3, -0.25) is 0 Å². The van der Waals surface area contributed by atoms with E-state index in [4.69, 9.17) is 5.73 Å². The second-order valence-electron chi connectivity index (χ2n) is 5.45. The van der Waals surface area contributed by atoms with E-state index in [2.05, 4.69) is 6.92 Å². The van der Waals surface area contributed by atoms with Crippen molar-refractivity contribution >= 4 is 0 Å². The van der Waals surface area contributed by atoms with Gasteiger partial charge >= 0.3 is 0 Å². The SMILES string of the molecule is CCCC(CN)C(O)CC1CCCCCC1. The van der Waals surface area contributed by atoms with Crippen LogP contribution in [0.4, 0.5) is 0 Å². The molecular formula is C14H29NO. The molecule has 0 amide bonds. The first kappa shape index (κ1) is 14.0. The summed E-state index contributed by atoms with van der Waals surface area (Å²) in [5.41, 5.74) is 5.74. The molecule has 0 aliphatic heterocycles. The van der Waals surface area contributed by atoms with Crippen molar-refractivity contribution in [2.24, 2.45) is 17.6 Å². The lowest BCUT2D eigenvalue weighted by Crippen LogP contribution is -2.29. The topological polar surface area (TPSA) is 46.2 Å². The summed E-state index contributed by atoms with van der Waals surface area (Å²) in [7, 11) is 0. The molecule has 1 fully saturated rings. The molecule has 2 unspecified atom stereocenters. The molecule has 0 spiro atoms. The lowest BCUT2D eigenvalue weighted by Gasteiger charge is -2.25. The minimum atomic E-state index is -0.159. The maximum atomic E-state index is 10.2. The molecule has 0 heterocycles. The molecule has 1 aliphatic carbocycles. The van der Waals surface area contributed by atoms with Gasteiger partial charge in [0.25, 0.3) is 0 Å². The van der Waals surface area contributed by atoms with Crippen molar-refractivity contribution in [2.45, 2.75) is 70.8 Å². The van der Waals surface area contributed by atoms with E-state index in [1.165, 1.54) is 38.5 Å². The molecule has 2 heteroatoms. The Labute approximate surface area is 101 Å². The average Bonchev–Trinajstić information content (AvgIpc) is 2.54. The van der Waals surface area contributed by atoms with Gasteiger partial charge in [0, 0.05) is 0 Å². The van der Waals surface area contributed by atoms with E-state index >= 15 is 0 Å². The Kier molecular flexibility index (Phi) is 7.06. The number of rotatable bonds is 6. The quantitative estimate of drug-likeness (QED) is 0.685. The normalized spacial score (nSPS) is 22.7. The van der Waals surface area contributed by atoms with Gasteiger partial charge in [0.15, 0.2) is 0 Å². The predicted molar refractivity (Wildman–Crippen MR) is 69.3 cm³/mol. The van der Waals surface area contributed by atoms with E-state index in [1.807, 2.05) is 0 Å². The van der Waals surface area contributed by atoms with E-state index < -0.39 is 0 Å². The molecule has 16 heavy (non-hydrogen) atoms. The van der Waals surface area contributed by atoms with E-state index in [1.54, 1.807) is 0 Å². The molecule has 1 saturated carbocycles. The fourth-order valence-electron chi connectivity index (χ4n) is 2.97. The van der Waals surface area contributed by atoms with Gasteiger partial charge in [-0.05, 0) is 31.2 Å². The summed E-state index contributed by atoms with van der Waals surface area (Å²) >= 11 is 0. The smallest absolute Gasteiger partial charge is 0.0583 e. The second kappa shape index (κ2) is 8.08. The first-order valence-corrected chi connectivity index (χ1v) is 7.16. The molecule has 1 aliphatic rings. The fraction of sp³-hybridized carbons (Fsp3) is 1.00. The number of hydrogen-bond acceptors (Lipinski definition) is 2. The Balaban J connectivity index is 2.32. The van der Waals surface area contributed by atoms with Crippen LogP contribution in [0.25, 0.3) is 0 Å². The predicted octanol–water partition coefficient (Wildman–Crippen LogP) is 3.08. The van der Waals surface area contributed by atoms with Gasteiger partial charge in [0.1, 0.15) is 0 Å². The van der Waals surface area contributed by atoms with Crippen molar-refractivity contribution < 1.29 is 5.11 Å². The summed E-state index contributed by atoms with van der Waals surface area (Å²) < 4.78 is 0. The molecule has 0 aromatic heterocycles. The summed E-state index contributed by atoms with van der Waals surface area (Å²) in [6.07, 6.45) is 11.2. The Bertz CT molecular complexity index is 164. The monoisotopic (exact) mass is 227 g/mol. The van der Waals surface area contributed by atoms with E-state index in [0.717, 1.165) is 25.2 Å². The summed E-state index contributed by atoms with van der Waals surface area (Å²) in [5.74, 6) is 1.08. The van der Waals surface area contributed by atoms with Crippen LogP contribution in [-0.4, -0.2) is 17.8 Å². The summed E-state index contributed by atoms with van der Waals surface area (Å²) in [5, 5.41) is 10.2. The van der Waals surface area contributed by atoms with E-state index in [9.17, 15) is 5.11 Å². The average molecular weight is 227 g/mol. The zero-order valence-electron chi connectivity index (χ0n) is 10.8. The van der Waals surface area contributed by atoms with Crippen molar-refractivity contribution in [3.8, 4) is 0 Å². The van der Waals surface area contributed by atoms with Crippen LogP contribution >= 0.6 is 0 Å². The fourth-order valence-corrected chi connectivity index (χ4v) is 2.97. The number of nitrogens with two attached hydrogens (primary N) is 1. The van der Waals surface area contributed by atoms with Crippen LogP contribution in [-0.2, 0) is 0 Å². The van der Waals surface area contributed by atoms with Gasteiger partial charge < -0.3 is 10.8 Å². The van der Waals surface area contributed by atoms with Crippen LogP contribution in [0.5, 0.6) is 0 Å². The highest BCUT2D eigenvalue weighted by Gasteiger charge is 2.22. The van der Waals surface area contributed by atoms with Crippen molar-refractivity contribution in [3.05, 3.63) is 0 Å². The molecule has 1 rings (SSSR count). The van der Waals surface area contributed by atoms with Crippen molar-refractivity contribution in [3.63, 3.8) is 0 Å². The summed E-state index contributed by atoms with van der Waals surface area (Å²) in [4.78, 5) is 0. The Hall–Kier alpha value is -0.0800. The Morgan fingerprint density at radius 1 is 1.19 bits per heavy atom. The molecule has 0 aromatic rings. The highest BCUT2D eigenvalue weighted by atomic mass is 16.3. The molecule has 0 saturated heterocycles. The molecule has 2 nitrogen and oxygen atoms in total. The van der Waals surface area contributed by atoms with Crippen LogP contribution in [0.2, 0.25) is 0 Å². The second-order valence-corrected chi connectivity index (χ2v) is 5.45. The van der Waals surface area contributed by atoms with Gasteiger partial charge in [-0.1, -0.05) is 51.9 Å². The van der Waals surface area contributed by atoms with E-state index in [0.29, 0.717) is 12.5 Å².